The normalized spacial score (nSPS) is 14.2. The molecule has 2 aromatic rings. The molecule has 0 bridgehead atoms. The van der Waals surface area contributed by atoms with Crippen LogP contribution < -0.4 is 4.90 Å². The molecule has 0 unspecified atom stereocenters. The number of aromatic carboxylic acids is 1. The number of para-hydroxylation sites is 1. The van der Waals surface area contributed by atoms with Crippen LogP contribution in [-0.2, 0) is 13.0 Å². The van der Waals surface area contributed by atoms with E-state index < -0.39 is 5.97 Å². The van der Waals surface area contributed by atoms with Crippen molar-refractivity contribution >= 4 is 11.7 Å². The van der Waals surface area contributed by atoms with Crippen molar-refractivity contribution < 1.29 is 14.4 Å². The Bertz CT molecular complexity index is 606. The van der Waals surface area contributed by atoms with Crippen LogP contribution in [0.3, 0.4) is 0 Å². The molecule has 1 N–H and O–H groups in total. The van der Waals surface area contributed by atoms with Crippen molar-refractivity contribution in [3.05, 3.63) is 47.3 Å². The number of aryl methyl sites for hydroxylation is 1. The van der Waals surface area contributed by atoms with Gasteiger partial charge in [0.15, 0.2) is 0 Å². The zero-order valence-corrected chi connectivity index (χ0v) is 10.4. The molecular weight excluding hydrogens is 244 g/mol. The van der Waals surface area contributed by atoms with Gasteiger partial charge < -0.3 is 14.5 Å². The number of carboxylic acids is 1. The molecule has 1 aromatic carbocycles. The molecule has 0 aliphatic carbocycles. The highest BCUT2D eigenvalue weighted by molar-refractivity contribution is 5.85. The number of hydrogen-bond donors (Lipinski definition) is 1. The van der Waals surface area contributed by atoms with Gasteiger partial charge in [0.2, 0.25) is 5.76 Å². The first-order valence-electron chi connectivity index (χ1n) is 6.25. The predicted molar refractivity (Wildman–Crippen MR) is 69.3 cm³/mol. The van der Waals surface area contributed by atoms with E-state index in [4.69, 9.17) is 9.63 Å². The SMILES string of the molecule is O=C(O)c1oncc1CN1CCCc2ccccc21. The van der Waals surface area contributed by atoms with Crippen LogP contribution in [0, 0.1) is 0 Å². The summed E-state index contributed by atoms with van der Waals surface area (Å²) in [7, 11) is 0. The van der Waals surface area contributed by atoms with Crippen molar-refractivity contribution in [3.8, 4) is 0 Å². The monoisotopic (exact) mass is 258 g/mol. The molecule has 98 valence electrons. The van der Waals surface area contributed by atoms with Crippen molar-refractivity contribution in [1.82, 2.24) is 5.16 Å². The number of hydrogen-bond acceptors (Lipinski definition) is 4. The third kappa shape index (κ3) is 2.19. The Morgan fingerprint density at radius 1 is 1.42 bits per heavy atom. The minimum Gasteiger partial charge on any atom is -0.475 e. The molecule has 0 saturated heterocycles. The van der Waals surface area contributed by atoms with E-state index in [1.807, 2.05) is 12.1 Å². The van der Waals surface area contributed by atoms with Gasteiger partial charge >= 0.3 is 5.97 Å². The second-order valence-corrected chi connectivity index (χ2v) is 4.64. The summed E-state index contributed by atoms with van der Waals surface area (Å²) in [5.41, 5.74) is 3.09. The van der Waals surface area contributed by atoms with E-state index in [1.54, 1.807) is 0 Å². The van der Waals surface area contributed by atoms with Gasteiger partial charge in [0.05, 0.1) is 6.20 Å². The Labute approximate surface area is 110 Å². The lowest BCUT2D eigenvalue weighted by Gasteiger charge is -2.30. The highest BCUT2D eigenvalue weighted by Gasteiger charge is 2.21. The van der Waals surface area contributed by atoms with Gasteiger partial charge in [-0.15, -0.1) is 0 Å². The van der Waals surface area contributed by atoms with Gasteiger partial charge in [-0.1, -0.05) is 23.4 Å². The summed E-state index contributed by atoms with van der Waals surface area (Å²) < 4.78 is 4.78. The fraction of sp³-hybridized carbons (Fsp3) is 0.286. The molecule has 5 nitrogen and oxygen atoms in total. The first-order valence-corrected chi connectivity index (χ1v) is 6.25. The van der Waals surface area contributed by atoms with Crippen LogP contribution in [0.2, 0.25) is 0 Å². The molecule has 1 aromatic heterocycles. The number of nitrogens with zero attached hydrogens (tertiary/aromatic N) is 2. The van der Waals surface area contributed by atoms with E-state index in [0.29, 0.717) is 12.1 Å². The number of anilines is 1. The van der Waals surface area contributed by atoms with E-state index in [-0.39, 0.29) is 5.76 Å². The molecule has 1 aliphatic heterocycles. The van der Waals surface area contributed by atoms with Crippen molar-refractivity contribution in [2.24, 2.45) is 0 Å². The molecule has 0 spiro atoms. The van der Waals surface area contributed by atoms with Gasteiger partial charge in [0.1, 0.15) is 0 Å². The van der Waals surface area contributed by atoms with Gasteiger partial charge in [-0.3, -0.25) is 0 Å². The van der Waals surface area contributed by atoms with Gasteiger partial charge in [-0.2, -0.15) is 0 Å². The fourth-order valence-electron chi connectivity index (χ4n) is 2.53. The quantitative estimate of drug-likeness (QED) is 0.915. The van der Waals surface area contributed by atoms with E-state index in [1.165, 1.54) is 17.4 Å². The zero-order valence-electron chi connectivity index (χ0n) is 10.4. The van der Waals surface area contributed by atoms with Gasteiger partial charge in [-0.25, -0.2) is 4.79 Å². The topological polar surface area (TPSA) is 66.6 Å². The first kappa shape index (κ1) is 11.8. The van der Waals surface area contributed by atoms with Gasteiger partial charge in [0.25, 0.3) is 0 Å². The lowest BCUT2D eigenvalue weighted by atomic mass is 10.0. The maximum atomic E-state index is 11.0. The van der Waals surface area contributed by atoms with Crippen LogP contribution in [0.25, 0.3) is 0 Å². The molecule has 3 rings (SSSR count). The summed E-state index contributed by atoms with van der Waals surface area (Å²) in [6.07, 6.45) is 3.63. The lowest BCUT2D eigenvalue weighted by molar-refractivity contribution is 0.0650. The zero-order chi connectivity index (χ0) is 13.2. The summed E-state index contributed by atoms with van der Waals surface area (Å²) >= 11 is 0. The van der Waals surface area contributed by atoms with Crippen LogP contribution in [-0.4, -0.2) is 22.8 Å². The minimum atomic E-state index is -1.07. The fourth-order valence-corrected chi connectivity index (χ4v) is 2.53. The standard InChI is InChI=1S/C14H14N2O3/c17-14(18)13-11(8-15-19-13)9-16-7-3-5-10-4-1-2-6-12(10)16/h1-2,4,6,8H,3,5,7,9H2,(H,17,18). The average Bonchev–Trinajstić information content (AvgIpc) is 2.87. The molecule has 0 saturated carbocycles. The van der Waals surface area contributed by atoms with Crippen molar-refractivity contribution in [3.63, 3.8) is 0 Å². The van der Waals surface area contributed by atoms with Crippen LogP contribution >= 0.6 is 0 Å². The molecule has 0 amide bonds. The second kappa shape index (κ2) is 4.76. The van der Waals surface area contributed by atoms with E-state index in [9.17, 15) is 4.79 Å². The molecule has 2 heterocycles. The largest absolute Gasteiger partial charge is 0.475 e. The van der Waals surface area contributed by atoms with Crippen LogP contribution in [0.4, 0.5) is 5.69 Å². The number of aromatic nitrogens is 1. The Balaban J connectivity index is 1.89. The molecule has 0 radical (unpaired) electrons. The number of fused-ring (bicyclic) bond motifs is 1. The van der Waals surface area contributed by atoms with Gasteiger partial charge in [0, 0.05) is 24.3 Å². The summed E-state index contributed by atoms with van der Waals surface area (Å²) in [5, 5.41) is 12.6. The van der Waals surface area contributed by atoms with Crippen LogP contribution in [0.5, 0.6) is 0 Å². The van der Waals surface area contributed by atoms with Gasteiger partial charge in [-0.05, 0) is 24.5 Å². The van der Waals surface area contributed by atoms with Crippen LogP contribution in [0.15, 0.2) is 35.0 Å². The van der Waals surface area contributed by atoms with Crippen molar-refractivity contribution in [2.45, 2.75) is 19.4 Å². The maximum absolute atomic E-state index is 11.0. The maximum Gasteiger partial charge on any atom is 0.375 e. The summed E-state index contributed by atoms with van der Waals surface area (Å²) in [6.45, 7) is 1.43. The molecule has 0 atom stereocenters. The minimum absolute atomic E-state index is 0.0666. The number of carboxylic acid groups (broad SMARTS) is 1. The summed E-state index contributed by atoms with van der Waals surface area (Å²) in [4.78, 5) is 13.2. The van der Waals surface area contributed by atoms with E-state index in [2.05, 4.69) is 22.2 Å². The van der Waals surface area contributed by atoms with E-state index in [0.717, 1.165) is 19.4 Å². The Morgan fingerprint density at radius 3 is 3.11 bits per heavy atom. The molecule has 5 heteroatoms. The smallest absolute Gasteiger partial charge is 0.375 e. The Morgan fingerprint density at radius 2 is 2.26 bits per heavy atom. The number of benzene rings is 1. The second-order valence-electron chi connectivity index (χ2n) is 4.64. The third-order valence-corrected chi connectivity index (χ3v) is 3.41. The highest BCUT2D eigenvalue weighted by atomic mass is 16.5. The van der Waals surface area contributed by atoms with E-state index >= 15 is 0 Å². The third-order valence-electron chi connectivity index (χ3n) is 3.41. The highest BCUT2D eigenvalue weighted by Crippen LogP contribution is 2.28. The summed E-state index contributed by atoms with van der Waals surface area (Å²) in [6, 6.07) is 8.23. The Kier molecular flexibility index (Phi) is 2.95. The average molecular weight is 258 g/mol. The molecule has 0 fully saturated rings. The number of carbonyl (C=O) groups is 1. The molecule has 19 heavy (non-hydrogen) atoms. The lowest BCUT2D eigenvalue weighted by Crippen LogP contribution is -2.29. The van der Waals surface area contributed by atoms with Crippen molar-refractivity contribution in [2.75, 3.05) is 11.4 Å². The Hall–Kier alpha value is -2.30. The molecule has 1 aliphatic rings. The number of rotatable bonds is 3. The van der Waals surface area contributed by atoms with Crippen LogP contribution in [0.1, 0.15) is 28.1 Å². The summed E-state index contributed by atoms with van der Waals surface area (Å²) in [5.74, 6) is -1.14. The first-order chi connectivity index (χ1) is 9.25. The molecular formula is C14H14N2O3. The predicted octanol–water partition coefficient (Wildman–Crippen LogP) is 2.33. The van der Waals surface area contributed by atoms with Crippen molar-refractivity contribution in [1.29, 1.82) is 0 Å².